The highest BCUT2D eigenvalue weighted by molar-refractivity contribution is 6.09. The number of likely N-dealkylation sites (N-methyl/N-ethyl adjacent to an activating group) is 1. The lowest BCUT2D eigenvalue weighted by molar-refractivity contribution is -0.114. The van der Waals surface area contributed by atoms with Crippen molar-refractivity contribution in [1.82, 2.24) is 14.8 Å². The Kier molecular flexibility index (Phi) is 3.72. The first-order valence-corrected chi connectivity index (χ1v) is 7.32. The summed E-state index contributed by atoms with van der Waals surface area (Å²) in [7, 11) is 0. The molecule has 1 fully saturated rings. The Morgan fingerprint density at radius 2 is 2.10 bits per heavy atom. The summed E-state index contributed by atoms with van der Waals surface area (Å²) in [5.74, 6) is -0.0917. The van der Waals surface area contributed by atoms with Crippen LogP contribution in [0.4, 0.5) is 0 Å². The van der Waals surface area contributed by atoms with E-state index in [-0.39, 0.29) is 12.2 Å². The number of pyridine rings is 1. The molecule has 5 heteroatoms. The van der Waals surface area contributed by atoms with Crippen LogP contribution in [-0.4, -0.2) is 53.3 Å². The third-order valence-corrected chi connectivity index (χ3v) is 4.27. The average molecular weight is 282 g/mol. The van der Waals surface area contributed by atoms with Crippen molar-refractivity contribution in [1.29, 1.82) is 5.26 Å². The summed E-state index contributed by atoms with van der Waals surface area (Å²) >= 11 is 0. The van der Waals surface area contributed by atoms with Crippen molar-refractivity contribution >= 4 is 11.5 Å². The number of hydrogen-bond acceptors (Lipinski definition) is 5. The molecule has 0 N–H and O–H groups in total. The second-order valence-electron chi connectivity index (χ2n) is 5.39. The molecule has 0 spiro atoms. The lowest BCUT2D eigenvalue weighted by Crippen LogP contribution is -2.46. The van der Waals surface area contributed by atoms with Gasteiger partial charge in [-0.05, 0) is 18.2 Å². The first-order chi connectivity index (χ1) is 10.2. The molecule has 0 saturated carbocycles. The number of nitriles is 1. The number of Topliss-reactive ketones (excluding diaryl/α,β-unsaturated/α-hetero) is 1. The zero-order valence-corrected chi connectivity index (χ0v) is 12.2. The molecule has 1 saturated heterocycles. The van der Waals surface area contributed by atoms with Gasteiger partial charge >= 0.3 is 0 Å². The van der Waals surface area contributed by atoms with Crippen LogP contribution in [0, 0.1) is 11.3 Å². The summed E-state index contributed by atoms with van der Waals surface area (Å²) in [5, 5.41) is 9.40. The Balaban J connectivity index is 2.01. The fraction of sp³-hybridized carbons (Fsp3) is 0.438. The minimum absolute atomic E-state index is 0.0917. The second kappa shape index (κ2) is 5.66. The molecule has 21 heavy (non-hydrogen) atoms. The van der Waals surface area contributed by atoms with Gasteiger partial charge in [0, 0.05) is 50.6 Å². The van der Waals surface area contributed by atoms with E-state index < -0.39 is 0 Å². The molecule has 0 amide bonds. The van der Waals surface area contributed by atoms with Gasteiger partial charge in [-0.3, -0.25) is 9.78 Å². The maximum absolute atomic E-state index is 12.2. The zero-order chi connectivity index (χ0) is 14.8. The molecule has 1 aromatic heterocycles. The number of nitrogens with zero attached hydrogens (tertiary/aromatic N) is 4. The molecule has 3 rings (SSSR count). The number of piperazine rings is 1. The minimum atomic E-state index is -0.0917. The SMILES string of the molecule is CCN1CCN(C2=C(C#N)C(=O)Cc3cnccc32)CC1. The highest BCUT2D eigenvalue weighted by Crippen LogP contribution is 2.32. The van der Waals surface area contributed by atoms with E-state index in [2.05, 4.69) is 27.8 Å². The molecule has 108 valence electrons. The molecule has 0 bridgehead atoms. The first kappa shape index (κ1) is 13.8. The number of hydrogen-bond donors (Lipinski definition) is 0. The Labute approximate surface area is 124 Å². The van der Waals surface area contributed by atoms with Crippen LogP contribution < -0.4 is 0 Å². The van der Waals surface area contributed by atoms with Crippen molar-refractivity contribution in [3.05, 3.63) is 35.2 Å². The van der Waals surface area contributed by atoms with Crippen molar-refractivity contribution in [3.63, 3.8) is 0 Å². The number of carbonyl (C=O) groups is 1. The highest BCUT2D eigenvalue weighted by atomic mass is 16.1. The van der Waals surface area contributed by atoms with Crippen LogP contribution in [0.3, 0.4) is 0 Å². The number of carbonyl (C=O) groups excluding carboxylic acids is 1. The number of fused-ring (bicyclic) bond motifs is 1. The number of allylic oxidation sites excluding steroid dienone is 1. The Morgan fingerprint density at radius 1 is 1.33 bits per heavy atom. The van der Waals surface area contributed by atoms with E-state index in [0.29, 0.717) is 5.57 Å². The third kappa shape index (κ3) is 2.43. The van der Waals surface area contributed by atoms with Gasteiger partial charge in [0.2, 0.25) is 0 Å². The van der Waals surface area contributed by atoms with E-state index in [1.165, 1.54) is 0 Å². The molecule has 0 unspecified atom stereocenters. The Bertz CT molecular complexity index is 636. The van der Waals surface area contributed by atoms with Crippen molar-refractivity contribution in [2.45, 2.75) is 13.3 Å². The lowest BCUT2D eigenvalue weighted by Gasteiger charge is -2.38. The van der Waals surface area contributed by atoms with Crippen LogP contribution in [0.2, 0.25) is 0 Å². The van der Waals surface area contributed by atoms with E-state index in [4.69, 9.17) is 0 Å². The summed E-state index contributed by atoms with van der Waals surface area (Å²) in [4.78, 5) is 20.9. The standard InChI is InChI=1S/C16H18N4O/c1-2-19-5-7-20(8-6-19)16-13-3-4-18-11-12(13)9-15(21)14(16)10-17/h3-4,11H,2,5-9H2,1H3. The second-order valence-corrected chi connectivity index (χ2v) is 5.39. The van der Waals surface area contributed by atoms with Crippen LogP contribution >= 0.6 is 0 Å². The van der Waals surface area contributed by atoms with Gasteiger partial charge in [0.1, 0.15) is 11.6 Å². The smallest absolute Gasteiger partial charge is 0.179 e. The van der Waals surface area contributed by atoms with Crippen LogP contribution in [0.25, 0.3) is 5.70 Å². The van der Waals surface area contributed by atoms with Crippen LogP contribution in [0.1, 0.15) is 18.1 Å². The lowest BCUT2D eigenvalue weighted by atomic mass is 9.89. The summed E-state index contributed by atoms with van der Waals surface area (Å²) < 4.78 is 0. The first-order valence-electron chi connectivity index (χ1n) is 7.32. The van der Waals surface area contributed by atoms with Gasteiger partial charge in [-0.15, -0.1) is 0 Å². The summed E-state index contributed by atoms with van der Waals surface area (Å²) in [6.45, 7) is 6.82. The Morgan fingerprint density at radius 3 is 2.76 bits per heavy atom. The molecular formula is C16H18N4O. The van der Waals surface area contributed by atoms with Crippen molar-refractivity contribution in [2.24, 2.45) is 0 Å². The largest absolute Gasteiger partial charge is 0.367 e. The quantitative estimate of drug-likeness (QED) is 0.812. The van der Waals surface area contributed by atoms with E-state index in [0.717, 1.165) is 49.5 Å². The van der Waals surface area contributed by atoms with Gasteiger partial charge in [-0.1, -0.05) is 6.92 Å². The molecule has 2 aliphatic rings. The summed E-state index contributed by atoms with van der Waals surface area (Å²) in [6, 6.07) is 4.04. The predicted molar refractivity (Wildman–Crippen MR) is 79.2 cm³/mol. The molecule has 0 aromatic carbocycles. The van der Waals surface area contributed by atoms with Gasteiger partial charge in [-0.25, -0.2) is 0 Å². The summed E-state index contributed by atoms with van der Waals surface area (Å²) in [5.41, 5.74) is 3.03. The van der Waals surface area contributed by atoms with Crippen molar-refractivity contribution in [3.8, 4) is 6.07 Å². The van der Waals surface area contributed by atoms with Gasteiger partial charge in [0.05, 0.1) is 5.70 Å². The van der Waals surface area contributed by atoms with Gasteiger partial charge in [-0.2, -0.15) is 5.26 Å². The van der Waals surface area contributed by atoms with E-state index in [9.17, 15) is 10.1 Å². The maximum atomic E-state index is 12.2. The van der Waals surface area contributed by atoms with Gasteiger partial charge in [0.15, 0.2) is 5.78 Å². The fourth-order valence-electron chi connectivity index (χ4n) is 3.06. The van der Waals surface area contributed by atoms with Crippen LogP contribution in [-0.2, 0) is 11.2 Å². The summed E-state index contributed by atoms with van der Waals surface area (Å²) in [6.07, 6.45) is 3.75. The number of ketones is 1. The number of aromatic nitrogens is 1. The van der Waals surface area contributed by atoms with Crippen LogP contribution in [0.5, 0.6) is 0 Å². The maximum Gasteiger partial charge on any atom is 0.179 e. The minimum Gasteiger partial charge on any atom is -0.367 e. The fourth-order valence-corrected chi connectivity index (χ4v) is 3.06. The van der Waals surface area contributed by atoms with E-state index in [1.54, 1.807) is 12.4 Å². The predicted octanol–water partition coefficient (Wildman–Crippen LogP) is 1.08. The van der Waals surface area contributed by atoms with Gasteiger partial charge < -0.3 is 9.80 Å². The van der Waals surface area contributed by atoms with E-state index >= 15 is 0 Å². The molecule has 1 aliphatic heterocycles. The molecular weight excluding hydrogens is 264 g/mol. The average Bonchev–Trinajstić information content (AvgIpc) is 2.53. The topological polar surface area (TPSA) is 60.2 Å². The molecule has 0 radical (unpaired) electrons. The highest BCUT2D eigenvalue weighted by Gasteiger charge is 2.30. The van der Waals surface area contributed by atoms with Gasteiger partial charge in [0.25, 0.3) is 0 Å². The van der Waals surface area contributed by atoms with Crippen LogP contribution in [0.15, 0.2) is 24.0 Å². The molecule has 0 atom stereocenters. The normalized spacial score (nSPS) is 19.4. The monoisotopic (exact) mass is 282 g/mol. The Hall–Kier alpha value is -2.19. The third-order valence-electron chi connectivity index (χ3n) is 4.27. The zero-order valence-electron chi connectivity index (χ0n) is 12.2. The molecule has 1 aromatic rings. The molecule has 1 aliphatic carbocycles. The van der Waals surface area contributed by atoms with E-state index in [1.807, 2.05) is 6.07 Å². The molecule has 5 nitrogen and oxygen atoms in total. The number of rotatable bonds is 2. The van der Waals surface area contributed by atoms with Crippen molar-refractivity contribution < 1.29 is 4.79 Å². The van der Waals surface area contributed by atoms with Crippen molar-refractivity contribution in [2.75, 3.05) is 32.7 Å². The molecule has 2 heterocycles.